The number of phenols is 1. The van der Waals surface area contributed by atoms with Crippen LogP contribution in [-0.4, -0.2) is 69.7 Å². The molecule has 8 N–H and O–H groups in total. The van der Waals surface area contributed by atoms with Crippen LogP contribution in [-0.2, 0) is 30.4 Å². The van der Waals surface area contributed by atoms with E-state index in [4.69, 9.17) is 15.9 Å². The maximum Gasteiger partial charge on any atom is 0.322 e. The number of nitrogens with one attached hydrogen (secondary N) is 3. The third-order valence-electron chi connectivity index (χ3n) is 4.50. The molecule has 0 radical (unpaired) electrons. The van der Waals surface area contributed by atoms with E-state index in [0.29, 0.717) is 12.0 Å². The van der Waals surface area contributed by atoms with Gasteiger partial charge in [0, 0.05) is 6.42 Å². The second-order valence-electron chi connectivity index (χ2n) is 7.94. The lowest BCUT2D eigenvalue weighted by molar-refractivity contribution is -0.141. The molecule has 12 nitrogen and oxygen atoms in total. The van der Waals surface area contributed by atoms with Crippen LogP contribution >= 0.6 is 0 Å². The minimum Gasteiger partial charge on any atom is -0.508 e. The summed E-state index contributed by atoms with van der Waals surface area (Å²) in [6.07, 6.45) is -0.527. The SMILES string of the molecule is CC(C)CC(N)C(=O)NC(CC(=O)O)C(=O)NC(Cc1ccc(O)cc1)C(=O)NCC(=O)O. The van der Waals surface area contributed by atoms with Gasteiger partial charge in [0.15, 0.2) is 0 Å². The van der Waals surface area contributed by atoms with E-state index in [1.807, 2.05) is 13.8 Å². The molecule has 3 unspecified atom stereocenters. The minimum atomic E-state index is -1.51. The van der Waals surface area contributed by atoms with E-state index < -0.39 is 60.8 Å². The van der Waals surface area contributed by atoms with Crippen LogP contribution in [0.5, 0.6) is 5.75 Å². The van der Waals surface area contributed by atoms with Gasteiger partial charge in [-0.05, 0) is 30.0 Å². The van der Waals surface area contributed by atoms with Gasteiger partial charge in [0.05, 0.1) is 12.5 Å². The molecule has 0 aromatic heterocycles. The molecular weight excluding hydrogens is 436 g/mol. The lowest BCUT2D eigenvalue weighted by Crippen LogP contribution is -2.57. The Morgan fingerprint density at radius 1 is 0.879 bits per heavy atom. The van der Waals surface area contributed by atoms with Crippen molar-refractivity contribution in [2.24, 2.45) is 11.7 Å². The molecule has 0 heterocycles. The van der Waals surface area contributed by atoms with Crippen LogP contribution in [0.25, 0.3) is 0 Å². The molecule has 0 aliphatic carbocycles. The predicted octanol–water partition coefficient (Wildman–Crippen LogP) is -1.05. The second kappa shape index (κ2) is 13.0. The maximum absolute atomic E-state index is 12.8. The van der Waals surface area contributed by atoms with Crippen LogP contribution in [0.2, 0.25) is 0 Å². The highest BCUT2D eigenvalue weighted by Crippen LogP contribution is 2.12. The van der Waals surface area contributed by atoms with Gasteiger partial charge in [-0.25, -0.2) is 0 Å². The van der Waals surface area contributed by atoms with Gasteiger partial charge in [0.2, 0.25) is 17.7 Å². The minimum absolute atomic E-state index is 0.0170. The zero-order chi connectivity index (χ0) is 25.1. The summed E-state index contributed by atoms with van der Waals surface area (Å²) >= 11 is 0. The van der Waals surface area contributed by atoms with Gasteiger partial charge in [-0.15, -0.1) is 0 Å². The molecule has 12 heteroatoms. The quantitative estimate of drug-likeness (QED) is 0.189. The number of benzene rings is 1. The zero-order valence-corrected chi connectivity index (χ0v) is 18.4. The topological polar surface area (TPSA) is 208 Å². The van der Waals surface area contributed by atoms with Crippen LogP contribution in [0, 0.1) is 5.92 Å². The van der Waals surface area contributed by atoms with Crippen LogP contribution in [0.4, 0.5) is 0 Å². The third-order valence-corrected chi connectivity index (χ3v) is 4.50. The molecule has 3 atom stereocenters. The average molecular weight is 466 g/mol. The fourth-order valence-electron chi connectivity index (χ4n) is 2.91. The van der Waals surface area contributed by atoms with Gasteiger partial charge in [-0.1, -0.05) is 26.0 Å². The molecule has 182 valence electrons. The van der Waals surface area contributed by atoms with Gasteiger partial charge in [0.25, 0.3) is 0 Å². The van der Waals surface area contributed by atoms with Crippen molar-refractivity contribution in [3.05, 3.63) is 29.8 Å². The lowest BCUT2D eigenvalue weighted by Gasteiger charge is -2.23. The summed E-state index contributed by atoms with van der Waals surface area (Å²) in [6, 6.07) is 1.99. The lowest BCUT2D eigenvalue weighted by atomic mass is 10.0. The average Bonchev–Trinajstić information content (AvgIpc) is 2.71. The summed E-state index contributed by atoms with van der Waals surface area (Å²) in [7, 11) is 0. The Morgan fingerprint density at radius 3 is 1.97 bits per heavy atom. The van der Waals surface area contributed by atoms with Gasteiger partial charge in [-0.2, -0.15) is 0 Å². The summed E-state index contributed by atoms with van der Waals surface area (Å²) < 4.78 is 0. The summed E-state index contributed by atoms with van der Waals surface area (Å²) in [4.78, 5) is 59.6. The summed E-state index contributed by atoms with van der Waals surface area (Å²) in [5.74, 6) is -5.07. The van der Waals surface area contributed by atoms with E-state index >= 15 is 0 Å². The third kappa shape index (κ3) is 10.5. The van der Waals surface area contributed by atoms with Crippen molar-refractivity contribution in [1.82, 2.24) is 16.0 Å². The van der Waals surface area contributed by atoms with Crippen LogP contribution in [0.1, 0.15) is 32.3 Å². The molecule has 0 aliphatic rings. The van der Waals surface area contributed by atoms with Crippen molar-refractivity contribution in [1.29, 1.82) is 0 Å². The number of rotatable bonds is 13. The highest BCUT2D eigenvalue weighted by Gasteiger charge is 2.30. The number of carbonyl (C=O) groups excluding carboxylic acids is 3. The van der Waals surface area contributed by atoms with Crippen molar-refractivity contribution in [2.75, 3.05) is 6.54 Å². The Morgan fingerprint density at radius 2 is 1.45 bits per heavy atom. The Labute approximate surface area is 190 Å². The highest BCUT2D eigenvalue weighted by molar-refractivity contribution is 5.95. The van der Waals surface area contributed by atoms with Crippen molar-refractivity contribution in [3.63, 3.8) is 0 Å². The molecule has 0 aliphatic heterocycles. The van der Waals surface area contributed by atoms with E-state index in [1.165, 1.54) is 24.3 Å². The Hall–Kier alpha value is -3.67. The van der Waals surface area contributed by atoms with Crippen molar-refractivity contribution >= 4 is 29.7 Å². The first-order valence-electron chi connectivity index (χ1n) is 10.2. The summed E-state index contributed by atoms with van der Waals surface area (Å²) in [5.41, 5.74) is 6.33. The maximum atomic E-state index is 12.8. The van der Waals surface area contributed by atoms with Crippen LogP contribution in [0.15, 0.2) is 24.3 Å². The Kier molecular flexibility index (Phi) is 10.8. The zero-order valence-electron chi connectivity index (χ0n) is 18.4. The molecule has 0 fully saturated rings. The van der Waals surface area contributed by atoms with E-state index in [-0.39, 0.29) is 18.1 Å². The molecule has 0 spiro atoms. The molecule has 0 bridgehead atoms. The van der Waals surface area contributed by atoms with Crippen LogP contribution in [0.3, 0.4) is 0 Å². The predicted molar refractivity (Wildman–Crippen MR) is 116 cm³/mol. The number of aromatic hydroxyl groups is 1. The Bertz CT molecular complexity index is 856. The largest absolute Gasteiger partial charge is 0.508 e. The molecule has 0 saturated heterocycles. The summed E-state index contributed by atoms with van der Waals surface area (Å²) in [5, 5.41) is 34.2. The van der Waals surface area contributed by atoms with E-state index in [1.54, 1.807) is 0 Å². The molecule has 1 rings (SSSR count). The first-order chi connectivity index (χ1) is 15.4. The van der Waals surface area contributed by atoms with E-state index in [9.17, 15) is 29.1 Å². The molecule has 1 aromatic rings. The van der Waals surface area contributed by atoms with E-state index in [2.05, 4.69) is 16.0 Å². The molecule has 3 amide bonds. The van der Waals surface area contributed by atoms with Gasteiger partial charge in [-0.3, -0.25) is 24.0 Å². The van der Waals surface area contributed by atoms with Gasteiger partial charge in [0.1, 0.15) is 24.4 Å². The second-order valence-corrected chi connectivity index (χ2v) is 7.94. The fourth-order valence-corrected chi connectivity index (χ4v) is 2.91. The molecule has 33 heavy (non-hydrogen) atoms. The normalized spacial score (nSPS) is 13.5. The van der Waals surface area contributed by atoms with E-state index in [0.717, 1.165) is 0 Å². The molecule has 0 saturated carbocycles. The van der Waals surface area contributed by atoms with Crippen molar-refractivity contribution < 1.29 is 39.3 Å². The number of amides is 3. The fraction of sp³-hybridized carbons (Fsp3) is 0.476. The number of carboxylic acids is 2. The number of aliphatic carboxylic acids is 2. The summed E-state index contributed by atoms with van der Waals surface area (Å²) in [6.45, 7) is 3.00. The highest BCUT2D eigenvalue weighted by atomic mass is 16.4. The van der Waals surface area contributed by atoms with Crippen LogP contribution < -0.4 is 21.7 Å². The number of hydrogen-bond acceptors (Lipinski definition) is 7. The number of phenolic OH excluding ortho intramolecular Hbond substituents is 1. The number of carbonyl (C=O) groups is 5. The Balaban J connectivity index is 3.02. The first kappa shape index (κ1) is 27.4. The number of hydrogen-bond donors (Lipinski definition) is 7. The number of nitrogens with two attached hydrogens (primary N) is 1. The molecule has 1 aromatic carbocycles. The van der Waals surface area contributed by atoms with Crippen molar-refractivity contribution in [3.8, 4) is 5.75 Å². The molecular formula is C21H30N4O8. The number of carboxylic acid groups (broad SMARTS) is 2. The van der Waals surface area contributed by atoms with Gasteiger partial charge < -0.3 is 37.0 Å². The standard InChI is InChI=1S/C21H30N4O8/c1-11(2)7-14(22)19(31)24-16(9-17(27)28)21(33)25-15(20(32)23-10-18(29)30)8-12-3-5-13(26)6-4-12/h3-6,11,14-16,26H,7-10,22H2,1-2H3,(H,23,32)(H,24,31)(H,25,33)(H,27,28)(H,29,30). The smallest absolute Gasteiger partial charge is 0.322 e. The monoisotopic (exact) mass is 466 g/mol. The first-order valence-corrected chi connectivity index (χ1v) is 10.2. The van der Waals surface area contributed by atoms with Crippen molar-refractivity contribution in [2.45, 2.75) is 51.2 Å². The van der Waals surface area contributed by atoms with Gasteiger partial charge >= 0.3 is 11.9 Å².